The van der Waals surface area contributed by atoms with E-state index in [1.807, 2.05) is 42.5 Å². The Labute approximate surface area is 135 Å². The maximum Gasteiger partial charge on any atom is 0.313 e. The van der Waals surface area contributed by atoms with E-state index in [2.05, 4.69) is 31.4 Å². The average Bonchev–Trinajstić information content (AvgIpc) is 2.97. The van der Waals surface area contributed by atoms with Crippen LogP contribution in [-0.4, -0.2) is 16.1 Å². The Balaban J connectivity index is 1.69. The molecule has 0 saturated carbocycles. The molecule has 5 nitrogen and oxygen atoms in total. The molecule has 110 valence electrons. The lowest BCUT2D eigenvalue weighted by atomic mass is 10.2. The van der Waals surface area contributed by atoms with E-state index in [0.29, 0.717) is 18.0 Å². The van der Waals surface area contributed by atoms with E-state index >= 15 is 0 Å². The summed E-state index contributed by atoms with van der Waals surface area (Å²) in [4.78, 5) is 12.1. The second-order valence-corrected chi connectivity index (χ2v) is 5.54. The predicted molar refractivity (Wildman–Crippen MR) is 85.6 cm³/mol. The SMILES string of the molecule is O=C(Nc1cccc(Br)c1)c1nnc(Cc2ccccc2)o1. The molecule has 3 aromatic rings. The van der Waals surface area contributed by atoms with Crippen molar-refractivity contribution >= 4 is 27.5 Å². The number of aromatic nitrogens is 2. The molecule has 0 fully saturated rings. The second kappa shape index (κ2) is 6.53. The zero-order valence-corrected chi connectivity index (χ0v) is 13.1. The van der Waals surface area contributed by atoms with Gasteiger partial charge in [-0.2, -0.15) is 0 Å². The standard InChI is InChI=1S/C16H12BrN3O2/c17-12-7-4-8-13(10-12)18-15(21)16-20-19-14(22-16)9-11-5-2-1-3-6-11/h1-8,10H,9H2,(H,18,21). The summed E-state index contributed by atoms with van der Waals surface area (Å²) < 4.78 is 6.28. The molecule has 3 rings (SSSR count). The summed E-state index contributed by atoms with van der Waals surface area (Å²) in [6.07, 6.45) is 0.498. The summed E-state index contributed by atoms with van der Waals surface area (Å²) in [5.74, 6) is -0.0681. The highest BCUT2D eigenvalue weighted by Gasteiger charge is 2.15. The summed E-state index contributed by atoms with van der Waals surface area (Å²) in [5.41, 5.74) is 1.70. The number of rotatable bonds is 4. The molecule has 1 N–H and O–H groups in total. The van der Waals surface area contributed by atoms with E-state index in [0.717, 1.165) is 10.0 Å². The lowest BCUT2D eigenvalue weighted by Gasteiger charge is -2.02. The third kappa shape index (κ3) is 3.59. The van der Waals surface area contributed by atoms with Gasteiger partial charge in [-0.1, -0.05) is 52.3 Å². The Kier molecular flexibility index (Phi) is 4.29. The zero-order valence-electron chi connectivity index (χ0n) is 11.5. The Morgan fingerprint density at radius 3 is 2.68 bits per heavy atom. The molecule has 0 atom stereocenters. The van der Waals surface area contributed by atoms with Crippen LogP contribution in [0.4, 0.5) is 5.69 Å². The van der Waals surface area contributed by atoms with Crippen LogP contribution < -0.4 is 5.32 Å². The number of hydrogen-bond acceptors (Lipinski definition) is 4. The Morgan fingerprint density at radius 2 is 1.91 bits per heavy atom. The van der Waals surface area contributed by atoms with Crippen molar-refractivity contribution in [1.82, 2.24) is 10.2 Å². The number of amides is 1. The molecule has 0 aliphatic heterocycles. The molecule has 0 aliphatic rings. The number of benzene rings is 2. The van der Waals surface area contributed by atoms with Crippen molar-refractivity contribution in [2.75, 3.05) is 5.32 Å². The third-order valence-corrected chi connectivity index (χ3v) is 3.44. The number of nitrogens with one attached hydrogen (secondary N) is 1. The molecular weight excluding hydrogens is 346 g/mol. The molecule has 1 aromatic heterocycles. The minimum absolute atomic E-state index is 0.0501. The highest BCUT2D eigenvalue weighted by Crippen LogP contribution is 2.16. The molecule has 1 heterocycles. The lowest BCUT2D eigenvalue weighted by Crippen LogP contribution is -2.12. The van der Waals surface area contributed by atoms with Crippen molar-refractivity contribution in [2.24, 2.45) is 0 Å². The first-order chi connectivity index (χ1) is 10.7. The number of halogens is 1. The summed E-state index contributed by atoms with van der Waals surface area (Å²) in [5, 5.41) is 10.4. The van der Waals surface area contributed by atoms with Crippen molar-refractivity contribution < 1.29 is 9.21 Å². The second-order valence-electron chi connectivity index (χ2n) is 4.63. The lowest BCUT2D eigenvalue weighted by molar-refractivity contribution is 0.0988. The van der Waals surface area contributed by atoms with Gasteiger partial charge in [-0.05, 0) is 23.8 Å². The van der Waals surface area contributed by atoms with E-state index in [-0.39, 0.29) is 5.89 Å². The van der Waals surface area contributed by atoms with Crippen LogP contribution in [0, 0.1) is 0 Å². The molecular formula is C16H12BrN3O2. The van der Waals surface area contributed by atoms with Crippen LogP contribution in [0.5, 0.6) is 0 Å². The van der Waals surface area contributed by atoms with Crippen LogP contribution in [0.25, 0.3) is 0 Å². The molecule has 1 amide bonds. The van der Waals surface area contributed by atoms with E-state index in [1.165, 1.54) is 0 Å². The first-order valence-electron chi connectivity index (χ1n) is 6.64. The van der Waals surface area contributed by atoms with Crippen LogP contribution in [0.2, 0.25) is 0 Å². The highest BCUT2D eigenvalue weighted by molar-refractivity contribution is 9.10. The number of hydrogen-bond donors (Lipinski definition) is 1. The van der Waals surface area contributed by atoms with E-state index in [4.69, 9.17) is 4.42 Å². The van der Waals surface area contributed by atoms with Gasteiger partial charge in [-0.15, -0.1) is 10.2 Å². The fourth-order valence-corrected chi connectivity index (χ4v) is 2.34. The predicted octanol–water partition coefficient (Wildman–Crippen LogP) is 3.68. The Morgan fingerprint density at radius 1 is 1.09 bits per heavy atom. The number of nitrogens with zero attached hydrogens (tertiary/aromatic N) is 2. The summed E-state index contributed by atoms with van der Waals surface area (Å²) >= 11 is 3.35. The van der Waals surface area contributed by atoms with Crippen LogP contribution in [0.15, 0.2) is 63.5 Å². The van der Waals surface area contributed by atoms with Gasteiger partial charge in [0.15, 0.2) is 0 Å². The van der Waals surface area contributed by atoms with Gasteiger partial charge in [0, 0.05) is 10.2 Å². The van der Waals surface area contributed by atoms with Gasteiger partial charge < -0.3 is 9.73 Å². The molecule has 2 aromatic carbocycles. The van der Waals surface area contributed by atoms with Crippen molar-refractivity contribution in [1.29, 1.82) is 0 Å². The highest BCUT2D eigenvalue weighted by atomic mass is 79.9. The molecule has 0 bridgehead atoms. The summed E-state index contributed by atoms with van der Waals surface area (Å²) in [6, 6.07) is 17.0. The minimum atomic E-state index is -0.426. The molecule has 22 heavy (non-hydrogen) atoms. The maximum absolute atomic E-state index is 12.1. The first-order valence-corrected chi connectivity index (χ1v) is 7.43. The van der Waals surface area contributed by atoms with Crippen molar-refractivity contribution in [3.8, 4) is 0 Å². The van der Waals surface area contributed by atoms with Crippen LogP contribution in [-0.2, 0) is 6.42 Å². The first kappa shape index (κ1) is 14.5. The number of carbonyl (C=O) groups excluding carboxylic acids is 1. The monoisotopic (exact) mass is 357 g/mol. The Hall–Kier alpha value is -2.47. The fraction of sp³-hybridized carbons (Fsp3) is 0.0625. The Bertz CT molecular complexity index is 787. The van der Waals surface area contributed by atoms with Gasteiger partial charge in [0.2, 0.25) is 5.89 Å². The molecule has 6 heteroatoms. The molecule has 0 unspecified atom stereocenters. The van der Waals surface area contributed by atoms with Crippen molar-refractivity contribution in [2.45, 2.75) is 6.42 Å². The van der Waals surface area contributed by atoms with E-state index in [9.17, 15) is 4.79 Å². The van der Waals surface area contributed by atoms with Crippen molar-refractivity contribution in [3.63, 3.8) is 0 Å². The normalized spacial score (nSPS) is 10.4. The molecule has 0 spiro atoms. The summed E-state index contributed by atoms with van der Waals surface area (Å²) in [6.45, 7) is 0. The number of anilines is 1. The third-order valence-electron chi connectivity index (χ3n) is 2.94. The van der Waals surface area contributed by atoms with Gasteiger partial charge in [0.05, 0.1) is 6.42 Å². The van der Waals surface area contributed by atoms with Gasteiger partial charge >= 0.3 is 11.8 Å². The van der Waals surface area contributed by atoms with Crippen LogP contribution >= 0.6 is 15.9 Å². The van der Waals surface area contributed by atoms with E-state index < -0.39 is 5.91 Å². The van der Waals surface area contributed by atoms with Gasteiger partial charge in [0.25, 0.3) is 0 Å². The van der Waals surface area contributed by atoms with Crippen molar-refractivity contribution in [3.05, 3.63) is 76.4 Å². The fourth-order valence-electron chi connectivity index (χ4n) is 1.94. The summed E-state index contributed by atoms with van der Waals surface area (Å²) in [7, 11) is 0. The van der Waals surface area contributed by atoms with E-state index in [1.54, 1.807) is 12.1 Å². The molecule has 0 saturated heterocycles. The van der Waals surface area contributed by atoms with Gasteiger partial charge in [0.1, 0.15) is 0 Å². The van der Waals surface area contributed by atoms with Crippen LogP contribution in [0.3, 0.4) is 0 Å². The largest absolute Gasteiger partial charge is 0.417 e. The number of carbonyl (C=O) groups is 1. The topological polar surface area (TPSA) is 68.0 Å². The maximum atomic E-state index is 12.1. The minimum Gasteiger partial charge on any atom is -0.417 e. The molecule has 0 radical (unpaired) electrons. The van der Waals surface area contributed by atoms with Gasteiger partial charge in [-0.3, -0.25) is 4.79 Å². The van der Waals surface area contributed by atoms with Gasteiger partial charge in [-0.25, -0.2) is 0 Å². The smallest absolute Gasteiger partial charge is 0.313 e. The quantitative estimate of drug-likeness (QED) is 0.773. The average molecular weight is 358 g/mol. The zero-order chi connectivity index (χ0) is 15.4. The van der Waals surface area contributed by atoms with Crippen LogP contribution in [0.1, 0.15) is 22.1 Å². The molecule has 0 aliphatic carbocycles.